The van der Waals surface area contributed by atoms with Crippen LogP contribution in [0, 0.1) is 0 Å². The summed E-state index contributed by atoms with van der Waals surface area (Å²) < 4.78 is 6.95. The van der Waals surface area contributed by atoms with Crippen LogP contribution in [-0.2, 0) is 11.2 Å². The molecule has 0 spiro atoms. The number of benzene rings is 1. The highest BCUT2D eigenvalue weighted by molar-refractivity contribution is 9.10. The number of aliphatic hydroxyl groups excluding tert-OH is 1. The summed E-state index contributed by atoms with van der Waals surface area (Å²) in [7, 11) is 0. The topological polar surface area (TPSA) is 29.5 Å². The second-order valence-corrected chi connectivity index (χ2v) is 5.97. The molecular weight excluding hydrogens is 292 g/mol. The summed E-state index contributed by atoms with van der Waals surface area (Å²) in [6.07, 6.45) is 4.55. The lowest BCUT2D eigenvalue weighted by atomic mass is 9.90. The van der Waals surface area contributed by atoms with Crippen molar-refractivity contribution in [2.75, 3.05) is 6.61 Å². The summed E-state index contributed by atoms with van der Waals surface area (Å²) in [5.41, 5.74) is 0.847. The zero-order valence-corrected chi connectivity index (χ0v) is 12.4. The first-order chi connectivity index (χ1) is 8.66. The fourth-order valence-corrected chi connectivity index (χ4v) is 3.35. The summed E-state index contributed by atoms with van der Waals surface area (Å²) in [5, 5.41) is 10.5. The van der Waals surface area contributed by atoms with Gasteiger partial charge in [-0.15, -0.1) is 0 Å². The third-order valence-corrected chi connectivity index (χ3v) is 4.30. The van der Waals surface area contributed by atoms with E-state index in [0.29, 0.717) is 13.0 Å². The predicted octanol–water partition coefficient (Wildman–Crippen LogP) is 3.70. The Morgan fingerprint density at radius 1 is 1.39 bits per heavy atom. The molecule has 0 bridgehead atoms. The van der Waals surface area contributed by atoms with Gasteiger partial charge in [0.25, 0.3) is 0 Å². The third kappa shape index (κ3) is 3.14. The van der Waals surface area contributed by atoms with E-state index in [1.54, 1.807) is 0 Å². The highest BCUT2D eigenvalue weighted by atomic mass is 79.9. The largest absolute Gasteiger partial charge is 0.390 e. The van der Waals surface area contributed by atoms with Gasteiger partial charge in [-0.3, -0.25) is 0 Å². The first kappa shape index (κ1) is 14.0. The van der Waals surface area contributed by atoms with Crippen molar-refractivity contribution in [3.8, 4) is 0 Å². The van der Waals surface area contributed by atoms with Crippen molar-refractivity contribution in [3.05, 3.63) is 34.3 Å². The van der Waals surface area contributed by atoms with Gasteiger partial charge in [0, 0.05) is 17.5 Å². The van der Waals surface area contributed by atoms with Crippen LogP contribution in [-0.4, -0.2) is 23.4 Å². The van der Waals surface area contributed by atoms with E-state index in [-0.39, 0.29) is 5.60 Å². The molecule has 0 heterocycles. The maximum absolute atomic E-state index is 10.5. The SMILES string of the molecule is CCOC1(C(O)Cc2cccc(Br)c2)CCCC1. The van der Waals surface area contributed by atoms with Gasteiger partial charge >= 0.3 is 0 Å². The fraction of sp³-hybridized carbons (Fsp3) is 0.600. The van der Waals surface area contributed by atoms with E-state index in [0.717, 1.165) is 35.7 Å². The van der Waals surface area contributed by atoms with Gasteiger partial charge in [0.05, 0.1) is 11.7 Å². The summed E-state index contributed by atoms with van der Waals surface area (Å²) in [4.78, 5) is 0. The summed E-state index contributed by atoms with van der Waals surface area (Å²) in [6.45, 7) is 2.68. The third-order valence-electron chi connectivity index (χ3n) is 3.81. The lowest BCUT2D eigenvalue weighted by Gasteiger charge is -2.34. The van der Waals surface area contributed by atoms with Crippen molar-refractivity contribution in [2.45, 2.75) is 50.7 Å². The Balaban J connectivity index is 2.07. The van der Waals surface area contributed by atoms with Crippen molar-refractivity contribution in [2.24, 2.45) is 0 Å². The van der Waals surface area contributed by atoms with Gasteiger partial charge in [0.15, 0.2) is 0 Å². The molecule has 1 atom stereocenters. The Kier molecular flexibility index (Phi) is 4.82. The Morgan fingerprint density at radius 2 is 2.11 bits per heavy atom. The second-order valence-electron chi connectivity index (χ2n) is 5.05. The normalized spacial score (nSPS) is 19.9. The minimum Gasteiger partial charge on any atom is -0.390 e. The van der Waals surface area contributed by atoms with Gasteiger partial charge in [-0.25, -0.2) is 0 Å². The monoisotopic (exact) mass is 312 g/mol. The molecule has 0 amide bonds. The molecule has 1 saturated carbocycles. The first-order valence-electron chi connectivity index (χ1n) is 6.73. The van der Waals surface area contributed by atoms with E-state index in [9.17, 15) is 5.11 Å². The molecule has 3 heteroatoms. The van der Waals surface area contributed by atoms with Gasteiger partial charge in [0.1, 0.15) is 0 Å². The maximum Gasteiger partial charge on any atom is 0.0943 e. The van der Waals surface area contributed by atoms with E-state index in [1.807, 2.05) is 19.1 Å². The molecule has 1 unspecified atom stereocenters. The molecule has 0 saturated heterocycles. The minimum atomic E-state index is -0.408. The molecule has 18 heavy (non-hydrogen) atoms. The highest BCUT2D eigenvalue weighted by Crippen LogP contribution is 2.37. The summed E-state index contributed by atoms with van der Waals surface area (Å²) in [6, 6.07) is 8.14. The van der Waals surface area contributed by atoms with Gasteiger partial charge in [-0.05, 0) is 37.5 Å². The number of ether oxygens (including phenoxy) is 1. The number of hydrogen-bond acceptors (Lipinski definition) is 2. The van der Waals surface area contributed by atoms with Crippen LogP contribution in [0.2, 0.25) is 0 Å². The molecule has 1 aliphatic rings. The van der Waals surface area contributed by atoms with Crippen molar-refractivity contribution < 1.29 is 9.84 Å². The molecule has 1 aromatic rings. The van der Waals surface area contributed by atoms with Gasteiger partial charge in [0.2, 0.25) is 0 Å². The first-order valence-corrected chi connectivity index (χ1v) is 7.52. The molecule has 0 radical (unpaired) electrons. The summed E-state index contributed by atoms with van der Waals surface area (Å²) in [5.74, 6) is 0. The molecular formula is C15H21BrO2. The Bertz CT molecular complexity index is 386. The maximum atomic E-state index is 10.5. The van der Waals surface area contributed by atoms with Crippen LogP contribution < -0.4 is 0 Å². The highest BCUT2D eigenvalue weighted by Gasteiger charge is 2.41. The zero-order chi connectivity index (χ0) is 13.0. The van der Waals surface area contributed by atoms with Gasteiger partial charge in [-0.2, -0.15) is 0 Å². The van der Waals surface area contributed by atoms with E-state index in [1.165, 1.54) is 0 Å². The zero-order valence-electron chi connectivity index (χ0n) is 10.9. The predicted molar refractivity (Wildman–Crippen MR) is 76.7 cm³/mol. The van der Waals surface area contributed by atoms with Crippen LogP contribution in [0.4, 0.5) is 0 Å². The van der Waals surface area contributed by atoms with E-state index >= 15 is 0 Å². The van der Waals surface area contributed by atoms with E-state index in [4.69, 9.17) is 4.74 Å². The molecule has 0 aromatic heterocycles. The van der Waals surface area contributed by atoms with Crippen molar-refractivity contribution >= 4 is 15.9 Å². The molecule has 2 rings (SSSR count). The average molecular weight is 313 g/mol. The quantitative estimate of drug-likeness (QED) is 0.898. The van der Waals surface area contributed by atoms with Gasteiger partial charge in [-0.1, -0.05) is 40.9 Å². The van der Waals surface area contributed by atoms with Gasteiger partial charge < -0.3 is 9.84 Å². The average Bonchev–Trinajstić information content (AvgIpc) is 2.79. The van der Waals surface area contributed by atoms with Crippen molar-refractivity contribution in [3.63, 3.8) is 0 Å². The standard InChI is InChI=1S/C15H21BrO2/c1-2-18-15(8-3-4-9-15)14(17)11-12-6-5-7-13(16)10-12/h5-7,10,14,17H,2-4,8-9,11H2,1H3. The van der Waals surface area contributed by atoms with Crippen LogP contribution in [0.15, 0.2) is 28.7 Å². The van der Waals surface area contributed by atoms with Crippen LogP contribution >= 0.6 is 15.9 Å². The fourth-order valence-electron chi connectivity index (χ4n) is 2.91. The molecule has 1 fully saturated rings. The number of hydrogen-bond donors (Lipinski definition) is 1. The molecule has 0 aliphatic heterocycles. The van der Waals surface area contributed by atoms with Crippen molar-refractivity contribution in [1.29, 1.82) is 0 Å². The lowest BCUT2D eigenvalue weighted by molar-refractivity contribution is -0.115. The molecule has 2 nitrogen and oxygen atoms in total. The lowest BCUT2D eigenvalue weighted by Crippen LogP contribution is -2.43. The van der Waals surface area contributed by atoms with E-state index in [2.05, 4.69) is 28.1 Å². The number of halogens is 1. The second kappa shape index (κ2) is 6.18. The Hall–Kier alpha value is -0.380. The summed E-state index contributed by atoms with van der Waals surface area (Å²) >= 11 is 3.47. The van der Waals surface area contributed by atoms with Crippen molar-refractivity contribution in [1.82, 2.24) is 0 Å². The van der Waals surface area contributed by atoms with Crippen LogP contribution in [0.1, 0.15) is 38.2 Å². The molecule has 100 valence electrons. The number of rotatable bonds is 5. The Labute approximate surface area is 117 Å². The Morgan fingerprint density at radius 3 is 2.72 bits per heavy atom. The molecule has 1 N–H and O–H groups in total. The molecule has 1 aliphatic carbocycles. The van der Waals surface area contributed by atoms with Crippen LogP contribution in [0.25, 0.3) is 0 Å². The van der Waals surface area contributed by atoms with Crippen LogP contribution in [0.5, 0.6) is 0 Å². The van der Waals surface area contributed by atoms with Crippen LogP contribution in [0.3, 0.4) is 0 Å². The minimum absolute atomic E-state index is 0.308. The molecule has 1 aromatic carbocycles. The number of aliphatic hydroxyl groups is 1. The smallest absolute Gasteiger partial charge is 0.0943 e. The van der Waals surface area contributed by atoms with E-state index < -0.39 is 6.10 Å².